The molecule has 0 aliphatic heterocycles. The van der Waals surface area contributed by atoms with Crippen molar-refractivity contribution in [1.82, 2.24) is 5.16 Å². The molecular formula is C21H24N2O5S. The van der Waals surface area contributed by atoms with E-state index in [1.807, 2.05) is 12.1 Å². The van der Waals surface area contributed by atoms with Crippen LogP contribution in [0.5, 0.6) is 0 Å². The van der Waals surface area contributed by atoms with Crippen molar-refractivity contribution < 1.29 is 23.6 Å². The van der Waals surface area contributed by atoms with E-state index in [0.29, 0.717) is 17.1 Å². The smallest absolute Gasteiger partial charge is 0.316 e. The summed E-state index contributed by atoms with van der Waals surface area (Å²) in [6.07, 6.45) is 4.36. The Hall–Kier alpha value is -2.61. The average Bonchev–Trinajstić information content (AvgIpc) is 3.14. The van der Waals surface area contributed by atoms with Crippen molar-refractivity contribution in [3.63, 3.8) is 0 Å². The van der Waals surface area contributed by atoms with Gasteiger partial charge in [-0.1, -0.05) is 17.3 Å². The van der Waals surface area contributed by atoms with Gasteiger partial charge in [0.05, 0.1) is 11.0 Å². The third-order valence-corrected chi connectivity index (χ3v) is 5.85. The number of amides is 1. The number of aryl methyl sites for hydroxylation is 3. The Morgan fingerprint density at radius 1 is 1.21 bits per heavy atom. The lowest BCUT2D eigenvalue weighted by atomic mass is 9.90. The summed E-state index contributed by atoms with van der Waals surface area (Å²) in [4.78, 5) is 36.4. The van der Waals surface area contributed by atoms with Gasteiger partial charge >= 0.3 is 5.97 Å². The predicted molar refractivity (Wildman–Crippen MR) is 110 cm³/mol. The molecule has 0 radical (unpaired) electrons. The number of benzene rings is 1. The number of ketones is 1. The molecule has 0 bridgehead atoms. The van der Waals surface area contributed by atoms with Crippen LogP contribution in [0.4, 0.5) is 5.82 Å². The number of esters is 1. The van der Waals surface area contributed by atoms with Crippen LogP contribution in [0.1, 0.15) is 47.0 Å². The van der Waals surface area contributed by atoms with E-state index < -0.39 is 11.2 Å². The number of nitrogens with one attached hydrogen (secondary N) is 1. The Kier molecular flexibility index (Phi) is 7.09. The lowest BCUT2D eigenvalue weighted by Crippen LogP contribution is -2.24. The highest BCUT2D eigenvalue weighted by molar-refractivity contribution is 8.01. The second-order valence-electron chi connectivity index (χ2n) is 7.04. The molecule has 1 amide bonds. The number of aromatic nitrogens is 1. The Balaban J connectivity index is 1.41. The monoisotopic (exact) mass is 416 g/mol. The summed E-state index contributed by atoms with van der Waals surface area (Å²) in [7, 11) is 0. The van der Waals surface area contributed by atoms with Crippen LogP contribution in [0.2, 0.25) is 0 Å². The first-order valence-electron chi connectivity index (χ1n) is 9.59. The summed E-state index contributed by atoms with van der Waals surface area (Å²) in [5, 5.41) is 5.81. The molecule has 0 unspecified atom stereocenters. The summed E-state index contributed by atoms with van der Waals surface area (Å²) >= 11 is 1.13. The van der Waals surface area contributed by atoms with Gasteiger partial charge in [-0.2, -0.15) is 0 Å². The van der Waals surface area contributed by atoms with Gasteiger partial charge in [0.25, 0.3) is 0 Å². The molecule has 1 aromatic carbocycles. The van der Waals surface area contributed by atoms with Crippen molar-refractivity contribution in [3.05, 3.63) is 46.7 Å². The summed E-state index contributed by atoms with van der Waals surface area (Å²) in [6, 6.07) is 7.32. The number of ether oxygens (including phenoxy) is 1. The standard InChI is InChI=1S/C21H24N2O5S/c1-13-9-19(23-28-13)22-21(26)14(2)29-12-20(25)27-11-18(24)17-8-7-15-5-3-4-6-16(15)10-17/h7-10,14H,3-6,11-12H2,1-2H3,(H,22,23,26)/t14-/m1/s1. The summed E-state index contributed by atoms with van der Waals surface area (Å²) < 4.78 is 9.97. The van der Waals surface area contributed by atoms with Crippen molar-refractivity contribution in [3.8, 4) is 0 Å². The fraction of sp³-hybridized carbons (Fsp3) is 0.429. The van der Waals surface area contributed by atoms with E-state index in [-0.39, 0.29) is 24.1 Å². The van der Waals surface area contributed by atoms with Crippen LogP contribution in [0.15, 0.2) is 28.8 Å². The van der Waals surface area contributed by atoms with Crippen molar-refractivity contribution in [2.24, 2.45) is 0 Å². The number of nitrogens with zero attached hydrogens (tertiary/aromatic N) is 1. The van der Waals surface area contributed by atoms with Gasteiger partial charge in [-0.05, 0) is 56.7 Å². The van der Waals surface area contributed by atoms with E-state index in [2.05, 4.69) is 10.5 Å². The number of anilines is 1. The van der Waals surface area contributed by atoms with Crippen molar-refractivity contribution >= 4 is 35.2 Å². The maximum atomic E-state index is 12.3. The zero-order valence-corrected chi connectivity index (χ0v) is 17.3. The first-order chi connectivity index (χ1) is 13.9. The lowest BCUT2D eigenvalue weighted by Gasteiger charge is -2.16. The molecular weight excluding hydrogens is 392 g/mol. The quantitative estimate of drug-likeness (QED) is 0.520. The predicted octanol–water partition coefficient (Wildman–Crippen LogP) is 3.35. The summed E-state index contributed by atoms with van der Waals surface area (Å²) in [5.41, 5.74) is 3.09. The zero-order valence-electron chi connectivity index (χ0n) is 16.5. The van der Waals surface area contributed by atoms with Gasteiger partial charge in [0.15, 0.2) is 18.2 Å². The normalized spacial score (nSPS) is 14.0. The minimum atomic E-state index is -0.529. The lowest BCUT2D eigenvalue weighted by molar-refractivity contribution is -0.139. The molecule has 7 nitrogen and oxygen atoms in total. The Morgan fingerprint density at radius 3 is 2.69 bits per heavy atom. The minimum Gasteiger partial charge on any atom is -0.457 e. The highest BCUT2D eigenvalue weighted by Crippen LogP contribution is 2.22. The summed E-state index contributed by atoms with van der Waals surface area (Å²) in [6.45, 7) is 3.11. The van der Waals surface area contributed by atoms with Crippen LogP contribution in [-0.2, 0) is 27.2 Å². The third-order valence-electron chi connectivity index (χ3n) is 4.73. The Morgan fingerprint density at radius 2 is 1.97 bits per heavy atom. The molecule has 1 aliphatic rings. The van der Waals surface area contributed by atoms with Crippen LogP contribution in [0.25, 0.3) is 0 Å². The minimum absolute atomic E-state index is 0.0239. The van der Waals surface area contributed by atoms with Gasteiger partial charge in [-0.3, -0.25) is 14.4 Å². The molecule has 1 heterocycles. The van der Waals surface area contributed by atoms with Crippen LogP contribution >= 0.6 is 11.8 Å². The molecule has 2 aromatic rings. The highest BCUT2D eigenvalue weighted by Gasteiger charge is 2.18. The zero-order chi connectivity index (χ0) is 20.8. The number of thioether (sulfide) groups is 1. The second kappa shape index (κ2) is 9.73. The molecule has 0 fully saturated rings. The van der Waals surface area contributed by atoms with Gasteiger partial charge in [0, 0.05) is 11.6 Å². The molecule has 0 saturated carbocycles. The number of fused-ring (bicyclic) bond motifs is 1. The van der Waals surface area contributed by atoms with E-state index >= 15 is 0 Å². The van der Waals surface area contributed by atoms with Gasteiger partial charge in [-0.25, -0.2) is 0 Å². The number of carbonyl (C=O) groups is 3. The first kappa shape index (κ1) is 21.1. The van der Waals surface area contributed by atoms with E-state index in [1.165, 1.54) is 17.5 Å². The molecule has 1 atom stereocenters. The van der Waals surface area contributed by atoms with Gasteiger partial charge in [0.1, 0.15) is 5.76 Å². The van der Waals surface area contributed by atoms with Crippen molar-refractivity contribution in [1.29, 1.82) is 0 Å². The molecule has 1 N–H and O–H groups in total. The first-order valence-corrected chi connectivity index (χ1v) is 10.6. The molecule has 0 spiro atoms. The number of rotatable bonds is 8. The maximum absolute atomic E-state index is 12.3. The number of hydrogen-bond donors (Lipinski definition) is 1. The van der Waals surface area contributed by atoms with Gasteiger partial charge in [0.2, 0.25) is 5.91 Å². The second-order valence-corrected chi connectivity index (χ2v) is 8.37. The molecule has 1 aromatic heterocycles. The molecule has 154 valence electrons. The molecule has 1 aliphatic carbocycles. The average molecular weight is 416 g/mol. The fourth-order valence-electron chi connectivity index (χ4n) is 3.10. The molecule has 3 rings (SSSR count). The Labute approximate surface area is 173 Å². The van der Waals surface area contributed by atoms with E-state index in [4.69, 9.17) is 9.26 Å². The third kappa shape index (κ3) is 5.93. The largest absolute Gasteiger partial charge is 0.457 e. The van der Waals surface area contributed by atoms with E-state index in [0.717, 1.165) is 31.0 Å². The van der Waals surface area contributed by atoms with Crippen LogP contribution in [0, 0.1) is 6.92 Å². The van der Waals surface area contributed by atoms with Crippen molar-refractivity contribution in [2.45, 2.75) is 44.8 Å². The highest BCUT2D eigenvalue weighted by atomic mass is 32.2. The molecule has 0 saturated heterocycles. The van der Waals surface area contributed by atoms with E-state index in [1.54, 1.807) is 26.0 Å². The van der Waals surface area contributed by atoms with Crippen LogP contribution in [-0.4, -0.2) is 40.4 Å². The molecule has 29 heavy (non-hydrogen) atoms. The SMILES string of the molecule is Cc1cc(NC(=O)[C@@H](C)SCC(=O)OCC(=O)c2ccc3c(c2)CCCC3)no1. The summed E-state index contributed by atoms with van der Waals surface area (Å²) in [5.74, 6) is -0.140. The Bertz CT molecular complexity index is 908. The van der Waals surface area contributed by atoms with Gasteiger partial charge < -0.3 is 14.6 Å². The van der Waals surface area contributed by atoms with E-state index in [9.17, 15) is 14.4 Å². The van der Waals surface area contributed by atoms with Crippen LogP contribution < -0.4 is 5.32 Å². The molecule has 8 heteroatoms. The number of hydrogen-bond acceptors (Lipinski definition) is 7. The van der Waals surface area contributed by atoms with Gasteiger partial charge in [-0.15, -0.1) is 11.8 Å². The van der Waals surface area contributed by atoms with Crippen molar-refractivity contribution in [2.75, 3.05) is 17.7 Å². The topological polar surface area (TPSA) is 98.5 Å². The number of Topliss-reactive ketones (excluding diaryl/α,β-unsaturated/α-hetero) is 1. The van der Waals surface area contributed by atoms with Crippen LogP contribution in [0.3, 0.4) is 0 Å². The number of carbonyl (C=O) groups excluding carboxylic acids is 3. The fourth-order valence-corrected chi connectivity index (χ4v) is 3.78. The maximum Gasteiger partial charge on any atom is 0.316 e.